The number of nitrogens with one attached hydrogen (secondary N) is 2. The zero-order valence-corrected chi connectivity index (χ0v) is 12.3. The number of hydrogen-bond acceptors (Lipinski definition) is 2. The van der Waals surface area contributed by atoms with Crippen molar-refractivity contribution in [3.63, 3.8) is 0 Å². The Kier molecular flexibility index (Phi) is 6.89. The molecule has 0 bridgehead atoms. The monoisotopic (exact) mass is 282 g/mol. The average Bonchev–Trinajstić information content (AvgIpc) is 2.42. The number of aryl methyl sites for hydroxylation is 1. The molecule has 0 aliphatic heterocycles. The van der Waals surface area contributed by atoms with Crippen molar-refractivity contribution in [2.24, 2.45) is 0 Å². The molecule has 0 saturated carbocycles. The molecule has 0 aromatic heterocycles. The third kappa shape index (κ3) is 4.51. The molecule has 4 heteroatoms. The third-order valence-corrected chi connectivity index (χ3v) is 3.64. The summed E-state index contributed by atoms with van der Waals surface area (Å²) in [7, 11) is 1.87. The molecule has 2 N–H and O–H groups in total. The SMILES string of the molecule is CNCCC(=O)NCC1CCCc2ccccc21.Cl. The molecule has 106 valence electrons. The van der Waals surface area contributed by atoms with Crippen LogP contribution >= 0.6 is 12.4 Å². The van der Waals surface area contributed by atoms with Crippen molar-refractivity contribution in [2.45, 2.75) is 31.6 Å². The molecular weight excluding hydrogens is 260 g/mol. The summed E-state index contributed by atoms with van der Waals surface area (Å²) >= 11 is 0. The number of carbonyl (C=O) groups excluding carboxylic acids is 1. The van der Waals surface area contributed by atoms with Crippen LogP contribution in [0.5, 0.6) is 0 Å². The lowest BCUT2D eigenvalue weighted by molar-refractivity contribution is -0.121. The Morgan fingerprint density at radius 2 is 2.16 bits per heavy atom. The minimum absolute atomic E-state index is 0. The number of benzene rings is 1. The van der Waals surface area contributed by atoms with Gasteiger partial charge in [-0.15, -0.1) is 12.4 Å². The molecule has 1 aromatic rings. The second-order valence-corrected chi connectivity index (χ2v) is 4.95. The summed E-state index contributed by atoms with van der Waals surface area (Å²) in [4.78, 5) is 11.6. The lowest BCUT2D eigenvalue weighted by Gasteiger charge is -2.25. The molecule has 1 aliphatic carbocycles. The van der Waals surface area contributed by atoms with Crippen LogP contribution in [-0.4, -0.2) is 26.0 Å². The molecular formula is C15H23ClN2O. The first kappa shape index (κ1) is 16.0. The number of halogens is 1. The molecule has 0 spiro atoms. The Morgan fingerprint density at radius 3 is 2.95 bits per heavy atom. The fraction of sp³-hybridized carbons (Fsp3) is 0.533. The van der Waals surface area contributed by atoms with Gasteiger partial charge in [-0.2, -0.15) is 0 Å². The van der Waals surface area contributed by atoms with E-state index in [1.807, 2.05) is 7.05 Å². The number of fused-ring (bicyclic) bond motifs is 1. The van der Waals surface area contributed by atoms with E-state index in [0.29, 0.717) is 12.3 Å². The van der Waals surface area contributed by atoms with Gasteiger partial charge in [0.1, 0.15) is 0 Å². The van der Waals surface area contributed by atoms with Gasteiger partial charge in [-0.3, -0.25) is 4.79 Å². The van der Waals surface area contributed by atoms with E-state index in [1.165, 1.54) is 30.4 Å². The van der Waals surface area contributed by atoms with Crippen LogP contribution in [0.3, 0.4) is 0 Å². The van der Waals surface area contributed by atoms with Crippen LogP contribution in [0.4, 0.5) is 0 Å². The van der Waals surface area contributed by atoms with Crippen molar-refractivity contribution in [1.82, 2.24) is 10.6 Å². The summed E-state index contributed by atoms with van der Waals surface area (Å²) in [6.45, 7) is 1.52. The van der Waals surface area contributed by atoms with Crippen molar-refractivity contribution in [2.75, 3.05) is 20.1 Å². The molecule has 1 aliphatic rings. The highest BCUT2D eigenvalue weighted by molar-refractivity contribution is 5.85. The van der Waals surface area contributed by atoms with Crippen molar-refractivity contribution in [3.8, 4) is 0 Å². The van der Waals surface area contributed by atoms with E-state index in [1.54, 1.807) is 0 Å². The predicted molar refractivity (Wildman–Crippen MR) is 80.9 cm³/mol. The Labute approximate surface area is 121 Å². The molecule has 0 fully saturated rings. The normalized spacial score (nSPS) is 17.2. The zero-order valence-electron chi connectivity index (χ0n) is 11.4. The van der Waals surface area contributed by atoms with Gasteiger partial charge in [0.25, 0.3) is 0 Å². The largest absolute Gasteiger partial charge is 0.355 e. The Bertz CT molecular complexity index is 409. The van der Waals surface area contributed by atoms with Gasteiger partial charge in [0.15, 0.2) is 0 Å². The highest BCUT2D eigenvalue weighted by Gasteiger charge is 2.19. The first-order chi connectivity index (χ1) is 8.81. The second-order valence-electron chi connectivity index (χ2n) is 4.95. The second kappa shape index (κ2) is 8.18. The highest BCUT2D eigenvalue weighted by atomic mass is 35.5. The van der Waals surface area contributed by atoms with E-state index in [4.69, 9.17) is 0 Å². The van der Waals surface area contributed by atoms with Crippen molar-refractivity contribution >= 4 is 18.3 Å². The van der Waals surface area contributed by atoms with Gasteiger partial charge in [0, 0.05) is 25.4 Å². The number of rotatable bonds is 5. The van der Waals surface area contributed by atoms with Gasteiger partial charge in [-0.1, -0.05) is 24.3 Å². The maximum atomic E-state index is 11.6. The van der Waals surface area contributed by atoms with Crippen LogP contribution in [0, 0.1) is 0 Å². The van der Waals surface area contributed by atoms with E-state index in [2.05, 4.69) is 34.9 Å². The van der Waals surface area contributed by atoms with Crippen LogP contribution in [0.25, 0.3) is 0 Å². The Hall–Kier alpha value is -1.06. The fourth-order valence-electron chi connectivity index (χ4n) is 2.63. The van der Waals surface area contributed by atoms with E-state index < -0.39 is 0 Å². The fourth-order valence-corrected chi connectivity index (χ4v) is 2.63. The van der Waals surface area contributed by atoms with Crippen LogP contribution in [0.2, 0.25) is 0 Å². The summed E-state index contributed by atoms with van der Waals surface area (Å²) in [6, 6.07) is 8.62. The lowest BCUT2D eigenvalue weighted by Crippen LogP contribution is -2.31. The summed E-state index contributed by atoms with van der Waals surface area (Å²) in [5, 5.41) is 6.04. The van der Waals surface area contributed by atoms with Gasteiger partial charge in [0.2, 0.25) is 5.91 Å². The smallest absolute Gasteiger partial charge is 0.221 e. The Morgan fingerprint density at radius 1 is 1.37 bits per heavy atom. The van der Waals surface area contributed by atoms with E-state index in [9.17, 15) is 4.79 Å². The molecule has 0 radical (unpaired) electrons. The van der Waals surface area contributed by atoms with Crippen LogP contribution in [0.1, 0.15) is 36.3 Å². The third-order valence-electron chi connectivity index (χ3n) is 3.64. The first-order valence-corrected chi connectivity index (χ1v) is 6.80. The summed E-state index contributed by atoms with van der Waals surface area (Å²) in [6.07, 6.45) is 4.16. The maximum Gasteiger partial charge on any atom is 0.221 e. The number of hydrogen-bond donors (Lipinski definition) is 2. The van der Waals surface area contributed by atoms with Gasteiger partial charge < -0.3 is 10.6 Å². The standard InChI is InChI=1S/C15H22N2O.ClH/c1-16-10-9-15(18)17-11-13-7-4-6-12-5-2-3-8-14(12)13;/h2-3,5,8,13,16H,4,6-7,9-11H2,1H3,(H,17,18);1H. The summed E-state index contributed by atoms with van der Waals surface area (Å²) in [5.41, 5.74) is 2.89. The minimum Gasteiger partial charge on any atom is -0.355 e. The molecule has 2 rings (SSSR count). The molecule has 0 heterocycles. The van der Waals surface area contributed by atoms with Gasteiger partial charge >= 0.3 is 0 Å². The van der Waals surface area contributed by atoms with Crippen molar-refractivity contribution < 1.29 is 4.79 Å². The Balaban J connectivity index is 0.00000180. The molecule has 1 amide bonds. The predicted octanol–water partition coefficient (Wildman–Crippen LogP) is 2.25. The number of amides is 1. The van der Waals surface area contributed by atoms with Gasteiger partial charge in [-0.05, 0) is 37.4 Å². The van der Waals surface area contributed by atoms with Crippen LogP contribution in [0.15, 0.2) is 24.3 Å². The molecule has 19 heavy (non-hydrogen) atoms. The van der Waals surface area contributed by atoms with Crippen LogP contribution < -0.4 is 10.6 Å². The number of carbonyl (C=O) groups is 1. The van der Waals surface area contributed by atoms with Gasteiger partial charge in [-0.25, -0.2) is 0 Å². The quantitative estimate of drug-likeness (QED) is 0.870. The van der Waals surface area contributed by atoms with Crippen LogP contribution in [-0.2, 0) is 11.2 Å². The topological polar surface area (TPSA) is 41.1 Å². The van der Waals surface area contributed by atoms with Crippen molar-refractivity contribution in [3.05, 3.63) is 35.4 Å². The summed E-state index contributed by atoms with van der Waals surface area (Å²) < 4.78 is 0. The average molecular weight is 283 g/mol. The molecule has 1 aromatic carbocycles. The van der Waals surface area contributed by atoms with Crippen molar-refractivity contribution in [1.29, 1.82) is 0 Å². The minimum atomic E-state index is 0. The summed E-state index contributed by atoms with van der Waals surface area (Å²) in [5.74, 6) is 0.640. The molecule has 1 atom stereocenters. The zero-order chi connectivity index (χ0) is 12.8. The maximum absolute atomic E-state index is 11.6. The lowest BCUT2D eigenvalue weighted by atomic mass is 9.83. The van der Waals surface area contributed by atoms with E-state index >= 15 is 0 Å². The van der Waals surface area contributed by atoms with E-state index in [0.717, 1.165) is 13.1 Å². The first-order valence-electron chi connectivity index (χ1n) is 6.80. The van der Waals surface area contributed by atoms with Gasteiger partial charge in [0.05, 0.1) is 0 Å². The molecule has 1 unspecified atom stereocenters. The van der Waals surface area contributed by atoms with E-state index in [-0.39, 0.29) is 18.3 Å². The molecule has 3 nitrogen and oxygen atoms in total. The highest BCUT2D eigenvalue weighted by Crippen LogP contribution is 2.30. The molecule has 0 saturated heterocycles.